The van der Waals surface area contributed by atoms with Crippen LogP contribution in [0.15, 0.2) is 48.7 Å². The van der Waals surface area contributed by atoms with E-state index in [9.17, 15) is 4.79 Å². The molecule has 1 aromatic heterocycles. The van der Waals surface area contributed by atoms with Crippen molar-refractivity contribution in [1.82, 2.24) is 9.88 Å². The van der Waals surface area contributed by atoms with Gasteiger partial charge in [-0.2, -0.15) is 0 Å². The van der Waals surface area contributed by atoms with Gasteiger partial charge in [-0.05, 0) is 49.9 Å². The molecule has 1 N–H and O–H groups in total. The van der Waals surface area contributed by atoms with Gasteiger partial charge in [-0.1, -0.05) is 6.07 Å². The number of aryl methyl sites for hydroxylation is 1. The third-order valence-electron chi connectivity index (χ3n) is 4.35. The second kappa shape index (κ2) is 7.93. The fourth-order valence-corrected chi connectivity index (χ4v) is 2.83. The summed E-state index contributed by atoms with van der Waals surface area (Å²) in [4.78, 5) is 21.0. The quantitative estimate of drug-likeness (QED) is 0.917. The lowest BCUT2D eigenvalue weighted by Crippen LogP contribution is -2.44. The fourth-order valence-electron chi connectivity index (χ4n) is 2.83. The average molecular weight is 324 g/mol. The maximum absolute atomic E-state index is 12.1. The first-order chi connectivity index (χ1) is 11.7. The second-order valence-electron chi connectivity index (χ2n) is 6.21. The molecule has 3 rings (SSSR count). The molecule has 0 aliphatic carbocycles. The Morgan fingerprint density at radius 3 is 2.50 bits per heavy atom. The molecule has 0 bridgehead atoms. The number of hydrogen-bond acceptors (Lipinski definition) is 4. The van der Waals surface area contributed by atoms with Crippen LogP contribution in [-0.2, 0) is 11.2 Å². The number of nitrogens with zero attached hydrogens (tertiary/aromatic N) is 3. The van der Waals surface area contributed by atoms with Gasteiger partial charge in [0.25, 0.3) is 0 Å². The van der Waals surface area contributed by atoms with Gasteiger partial charge in [0, 0.05) is 55.9 Å². The van der Waals surface area contributed by atoms with Crippen molar-refractivity contribution in [3.63, 3.8) is 0 Å². The first-order valence-corrected chi connectivity index (χ1v) is 8.44. The first-order valence-electron chi connectivity index (χ1n) is 8.44. The van der Waals surface area contributed by atoms with Gasteiger partial charge in [0.1, 0.15) is 0 Å². The summed E-state index contributed by atoms with van der Waals surface area (Å²) in [6.07, 6.45) is 2.85. The molecule has 2 heterocycles. The van der Waals surface area contributed by atoms with Gasteiger partial charge in [0.2, 0.25) is 5.91 Å². The zero-order valence-corrected chi connectivity index (χ0v) is 14.1. The number of benzene rings is 1. The summed E-state index contributed by atoms with van der Waals surface area (Å²) < 4.78 is 0. The number of pyridine rings is 1. The van der Waals surface area contributed by atoms with E-state index >= 15 is 0 Å². The molecular formula is C19H24N4O. The molecular weight excluding hydrogens is 300 g/mol. The zero-order chi connectivity index (χ0) is 16.8. The SMILES string of the molecule is CN1CCN(c2ccc(NC(=O)CCc3ccccn3)cc2)CC1. The summed E-state index contributed by atoms with van der Waals surface area (Å²) in [5, 5.41) is 2.96. The third kappa shape index (κ3) is 4.55. The topological polar surface area (TPSA) is 48.5 Å². The predicted octanol–water partition coefficient (Wildman–Crippen LogP) is 2.40. The number of piperazine rings is 1. The summed E-state index contributed by atoms with van der Waals surface area (Å²) >= 11 is 0. The fraction of sp³-hybridized carbons (Fsp3) is 0.368. The van der Waals surface area contributed by atoms with Gasteiger partial charge in [-0.15, -0.1) is 0 Å². The molecule has 1 amide bonds. The average Bonchev–Trinajstić information content (AvgIpc) is 2.62. The lowest BCUT2D eigenvalue weighted by atomic mass is 10.2. The Kier molecular flexibility index (Phi) is 5.43. The standard InChI is InChI=1S/C19H24N4O/c1-22-12-14-23(15-13-22)18-8-5-17(6-9-18)21-19(24)10-7-16-4-2-3-11-20-16/h2-6,8-9,11H,7,10,12-15H2,1H3,(H,21,24). The lowest BCUT2D eigenvalue weighted by Gasteiger charge is -2.34. The highest BCUT2D eigenvalue weighted by molar-refractivity contribution is 5.91. The van der Waals surface area contributed by atoms with E-state index in [0.717, 1.165) is 37.6 Å². The Labute approximate surface area is 143 Å². The summed E-state index contributed by atoms with van der Waals surface area (Å²) in [5.41, 5.74) is 3.01. The van der Waals surface area contributed by atoms with Gasteiger partial charge in [0.15, 0.2) is 0 Å². The van der Waals surface area contributed by atoms with Crippen LogP contribution in [0.3, 0.4) is 0 Å². The van der Waals surface area contributed by atoms with E-state index < -0.39 is 0 Å². The number of amides is 1. The molecule has 2 aromatic rings. The number of aromatic nitrogens is 1. The number of carbonyl (C=O) groups is 1. The molecule has 5 heteroatoms. The maximum atomic E-state index is 12.1. The molecule has 126 valence electrons. The van der Waals surface area contributed by atoms with Gasteiger partial charge in [-0.25, -0.2) is 0 Å². The minimum Gasteiger partial charge on any atom is -0.369 e. The number of hydrogen-bond donors (Lipinski definition) is 1. The Morgan fingerprint density at radius 1 is 1.08 bits per heavy atom. The molecule has 1 aromatic carbocycles. The van der Waals surface area contributed by atoms with E-state index in [-0.39, 0.29) is 5.91 Å². The highest BCUT2D eigenvalue weighted by Crippen LogP contribution is 2.19. The minimum absolute atomic E-state index is 0.0213. The van der Waals surface area contributed by atoms with Crippen LogP contribution in [-0.4, -0.2) is 49.0 Å². The Morgan fingerprint density at radius 2 is 1.83 bits per heavy atom. The minimum atomic E-state index is 0.0213. The smallest absolute Gasteiger partial charge is 0.224 e. The van der Waals surface area contributed by atoms with E-state index in [1.165, 1.54) is 5.69 Å². The molecule has 0 spiro atoms. The maximum Gasteiger partial charge on any atom is 0.224 e. The predicted molar refractivity (Wildman–Crippen MR) is 97.3 cm³/mol. The molecule has 0 radical (unpaired) electrons. The van der Waals surface area contributed by atoms with Crippen molar-refractivity contribution in [3.8, 4) is 0 Å². The lowest BCUT2D eigenvalue weighted by molar-refractivity contribution is -0.116. The van der Waals surface area contributed by atoms with Crippen LogP contribution in [0.5, 0.6) is 0 Å². The largest absolute Gasteiger partial charge is 0.369 e. The number of carbonyl (C=O) groups excluding carboxylic acids is 1. The molecule has 0 unspecified atom stereocenters. The molecule has 1 aliphatic heterocycles. The zero-order valence-electron chi connectivity index (χ0n) is 14.1. The highest BCUT2D eigenvalue weighted by atomic mass is 16.1. The van der Waals surface area contributed by atoms with Gasteiger partial charge >= 0.3 is 0 Å². The first kappa shape index (κ1) is 16.5. The molecule has 0 atom stereocenters. The van der Waals surface area contributed by atoms with Crippen molar-refractivity contribution in [2.75, 3.05) is 43.4 Å². The van der Waals surface area contributed by atoms with Crippen LogP contribution in [0.1, 0.15) is 12.1 Å². The summed E-state index contributed by atoms with van der Waals surface area (Å²) in [7, 11) is 2.15. The summed E-state index contributed by atoms with van der Waals surface area (Å²) in [6.45, 7) is 4.27. The van der Waals surface area contributed by atoms with E-state index in [2.05, 4.69) is 39.3 Å². The second-order valence-corrected chi connectivity index (χ2v) is 6.21. The highest BCUT2D eigenvalue weighted by Gasteiger charge is 2.14. The molecule has 1 saturated heterocycles. The Hall–Kier alpha value is -2.40. The number of anilines is 2. The van der Waals surface area contributed by atoms with Gasteiger partial charge in [-0.3, -0.25) is 9.78 Å². The van der Waals surface area contributed by atoms with Crippen molar-refractivity contribution in [1.29, 1.82) is 0 Å². The van der Waals surface area contributed by atoms with Gasteiger partial charge < -0.3 is 15.1 Å². The van der Waals surface area contributed by atoms with Crippen LogP contribution in [0, 0.1) is 0 Å². The monoisotopic (exact) mass is 324 g/mol. The van der Waals surface area contributed by atoms with Crippen molar-refractivity contribution in [2.45, 2.75) is 12.8 Å². The molecule has 24 heavy (non-hydrogen) atoms. The summed E-state index contributed by atoms with van der Waals surface area (Å²) in [5.74, 6) is 0.0213. The van der Waals surface area contributed by atoms with Crippen molar-refractivity contribution in [3.05, 3.63) is 54.4 Å². The van der Waals surface area contributed by atoms with E-state index in [0.29, 0.717) is 12.8 Å². The third-order valence-corrected chi connectivity index (χ3v) is 4.35. The van der Waals surface area contributed by atoms with Gasteiger partial charge in [0.05, 0.1) is 0 Å². The number of rotatable bonds is 5. The summed E-state index contributed by atoms with van der Waals surface area (Å²) in [6, 6.07) is 13.9. The molecule has 5 nitrogen and oxygen atoms in total. The van der Waals surface area contributed by atoms with Crippen LogP contribution < -0.4 is 10.2 Å². The molecule has 1 fully saturated rings. The number of likely N-dealkylation sites (N-methyl/N-ethyl adjacent to an activating group) is 1. The Balaban J connectivity index is 1.49. The number of nitrogens with one attached hydrogen (secondary N) is 1. The van der Waals surface area contributed by atoms with E-state index in [1.54, 1.807) is 6.20 Å². The normalized spacial score (nSPS) is 15.3. The van der Waals surface area contributed by atoms with Crippen LogP contribution >= 0.6 is 0 Å². The van der Waals surface area contributed by atoms with Crippen LogP contribution in [0.25, 0.3) is 0 Å². The van der Waals surface area contributed by atoms with Crippen molar-refractivity contribution < 1.29 is 4.79 Å². The molecule has 1 aliphatic rings. The van der Waals surface area contributed by atoms with Crippen molar-refractivity contribution in [2.24, 2.45) is 0 Å². The van der Waals surface area contributed by atoms with Crippen molar-refractivity contribution >= 4 is 17.3 Å². The van der Waals surface area contributed by atoms with Crippen LogP contribution in [0.4, 0.5) is 11.4 Å². The van der Waals surface area contributed by atoms with E-state index in [1.807, 2.05) is 30.3 Å². The van der Waals surface area contributed by atoms with E-state index in [4.69, 9.17) is 0 Å². The Bertz CT molecular complexity index is 649. The van der Waals surface area contributed by atoms with Crippen LogP contribution in [0.2, 0.25) is 0 Å². The molecule has 0 saturated carbocycles.